The summed E-state index contributed by atoms with van der Waals surface area (Å²) in [4.78, 5) is 25.7. The first-order chi connectivity index (χ1) is 10.0. The first kappa shape index (κ1) is 16.8. The van der Waals surface area contributed by atoms with E-state index in [2.05, 4.69) is 11.4 Å². The summed E-state index contributed by atoms with van der Waals surface area (Å²) in [7, 11) is 0. The molecule has 1 aromatic carbocycles. The molecule has 0 heterocycles. The number of carbonyl (C=O) groups excluding carboxylic acids is 1. The molecule has 21 heavy (non-hydrogen) atoms. The van der Waals surface area contributed by atoms with E-state index in [0.717, 1.165) is 0 Å². The summed E-state index contributed by atoms with van der Waals surface area (Å²) in [5.41, 5.74) is 0.524. The number of hydrogen-bond donors (Lipinski definition) is 1. The van der Waals surface area contributed by atoms with Crippen molar-refractivity contribution in [2.75, 3.05) is 18.1 Å². The molecule has 0 unspecified atom stereocenters. The monoisotopic (exact) mass is 313 g/mol. The van der Waals surface area contributed by atoms with Crippen molar-refractivity contribution in [2.24, 2.45) is 0 Å². The zero-order chi connectivity index (χ0) is 15.7. The quantitative estimate of drug-likeness (QED) is 0.245. The molecule has 8 heteroatoms. The highest BCUT2D eigenvalue weighted by molar-refractivity contribution is 7.99. The SMILES string of the molecule is C=Cc1cc(O)ccc1OC(=O)CCSCCO[N+](=O)[O-]. The smallest absolute Gasteiger partial charge is 0.312 e. The minimum absolute atomic E-state index is 0.00864. The van der Waals surface area contributed by atoms with Crippen molar-refractivity contribution in [2.45, 2.75) is 6.42 Å². The number of benzene rings is 1. The second-order valence-electron chi connectivity index (χ2n) is 3.82. The number of hydrogen-bond acceptors (Lipinski definition) is 7. The summed E-state index contributed by atoms with van der Waals surface area (Å²) in [5.74, 6) is 0.860. The minimum Gasteiger partial charge on any atom is -0.508 e. The van der Waals surface area contributed by atoms with Gasteiger partial charge in [-0.1, -0.05) is 12.7 Å². The summed E-state index contributed by atoms with van der Waals surface area (Å²) in [6, 6.07) is 4.35. The van der Waals surface area contributed by atoms with Gasteiger partial charge in [-0.15, -0.1) is 10.1 Å². The highest BCUT2D eigenvalue weighted by Gasteiger charge is 2.08. The summed E-state index contributed by atoms with van der Waals surface area (Å²) < 4.78 is 5.16. The third kappa shape index (κ3) is 6.66. The van der Waals surface area contributed by atoms with Crippen LogP contribution in [-0.4, -0.2) is 34.3 Å². The van der Waals surface area contributed by atoms with Gasteiger partial charge in [0.1, 0.15) is 18.1 Å². The number of phenols is 1. The number of aromatic hydroxyl groups is 1. The third-order valence-corrected chi connectivity index (χ3v) is 3.26. The second-order valence-corrected chi connectivity index (χ2v) is 5.04. The van der Waals surface area contributed by atoms with Gasteiger partial charge in [-0.25, -0.2) is 0 Å². The Bertz CT molecular complexity index is 519. The highest BCUT2D eigenvalue weighted by Crippen LogP contribution is 2.24. The van der Waals surface area contributed by atoms with Crippen LogP contribution in [0.5, 0.6) is 11.5 Å². The molecule has 0 amide bonds. The predicted molar refractivity (Wildman–Crippen MR) is 78.7 cm³/mol. The molecule has 0 saturated carbocycles. The number of phenolic OH excluding ortho intramolecular Hbond substituents is 1. The lowest BCUT2D eigenvalue weighted by atomic mass is 10.2. The van der Waals surface area contributed by atoms with Crippen LogP contribution in [0.2, 0.25) is 0 Å². The summed E-state index contributed by atoms with van der Waals surface area (Å²) in [5, 5.41) is 18.4. The molecule has 0 atom stereocenters. The van der Waals surface area contributed by atoms with Crippen LogP contribution >= 0.6 is 11.8 Å². The molecule has 1 aromatic rings. The van der Waals surface area contributed by atoms with Crippen molar-refractivity contribution < 1.29 is 24.6 Å². The number of nitrogens with zero attached hydrogens (tertiary/aromatic N) is 1. The fourth-order valence-electron chi connectivity index (χ4n) is 1.39. The Morgan fingerprint density at radius 2 is 2.24 bits per heavy atom. The Kier molecular flexibility index (Phi) is 7.10. The zero-order valence-corrected chi connectivity index (χ0v) is 12.0. The van der Waals surface area contributed by atoms with Gasteiger partial charge in [0, 0.05) is 17.1 Å². The molecule has 0 aromatic heterocycles. The molecule has 1 N–H and O–H groups in total. The molecule has 0 aliphatic rings. The van der Waals surface area contributed by atoms with E-state index in [-0.39, 0.29) is 18.8 Å². The van der Waals surface area contributed by atoms with E-state index in [1.54, 1.807) is 0 Å². The van der Waals surface area contributed by atoms with E-state index < -0.39 is 11.1 Å². The molecular formula is C13H15NO6S. The van der Waals surface area contributed by atoms with Gasteiger partial charge in [0.2, 0.25) is 0 Å². The van der Waals surface area contributed by atoms with Gasteiger partial charge in [0.25, 0.3) is 5.09 Å². The first-order valence-corrected chi connectivity index (χ1v) is 7.19. The van der Waals surface area contributed by atoms with E-state index >= 15 is 0 Å². The van der Waals surface area contributed by atoms with Gasteiger partial charge in [-0.3, -0.25) is 4.79 Å². The largest absolute Gasteiger partial charge is 0.508 e. The van der Waals surface area contributed by atoms with Crippen LogP contribution in [0.15, 0.2) is 24.8 Å². The standard InChI is InChI=1S/C13H15NO6S/c1-2-10-9-11(15)3-4-12(10)20-13(16)5-7-21-8-6-19-14(17)18/h2-4,9,15H,1,5-8H2. The van der Waals surface area contributed by atoms with E-state index in [1.807, 2.05) is 0 Å². The Morgan fingerprint density at radius 1 is 1.48 bits per heavy atom. The van der Waals surface area contributed by atoms with Crippen LogP contribution in [0.4, 0.5) is 0 Å². The zero-order valence-electron chi connectivity index (χ0n) is 11.2. The lowest BCUT2D eigenvalue weighted by Gasteiger charge is -2.07. The predicted octanol–water partition coefficient (Wildman–Crippen LogP) is 2.27. The van der Waals surface area contributed by atoms with Crippen LogP contribution in [0, 0.1) is 10.1 Å². The van der Waals surface area contributed by atoms with Crippen molar-refractivity contribution >= 4 is 23.8 Å². The van der Waals surface area contributed by atoms with Gasteiger partial charge in [-0.05, 0) is 18.2 Å². The maximum absolute atomic E-state index is 11.6. The fourth-order valence-corrected chi connectivity index (χ4v) is 2.10. The molecule has 0 aliphatic heterocycles. The van der Waals surface area contributed by atoms with E-state index in [9.17, 15) is 20.0 Å². The van der Waals surface area contributed by atoms with Gasteiger partial charge in [0.05, 0.1) is 6.42 Å². The van der Waals surface area contributed by atoms with Crippen molar-refractivity contribution in [1.29, 1.82) is 0 Å². The number of carbonyl (C=O) groups is 1. The first-order valence-electron chi connectivity index (χ1n) is 6.04. The van der Waals surface area contributed by atoms with Crippen LogP contribution in [0.25, 0.3) is 6.08 Å². The fraction of sp³-hybridized carbons (Fsp3) is 0.308. The summed E-state index contributed by atoms with van der Waals surface area (Å²) >= 11 is 1.36. The Balaban J connectivity index is 2.31. The Hall–Kier alpha value is -2.22. The summed E-state index contributed by atoms with van der Waals surface area (Å²) in [6.07, 6.45) is 1.65. The molecule has 0 aliphatic carbocycles. The van der Waals surface area contributed by atoms with Crippen LogP contribution in [0.3, 0.4) is 0 Å². The maximum atomic E-state index is 11.6. The second kappa shape index (κ2) is 8.85. The molecule has 0 radical (unpaired) electrons. The molecule has 0 saturated heterocycles. The van der Waals surface area contributed by atoms with Gasteiger partial charge in [-0.2, -0.15) is 11.8 Å². The van der Waals surface area contributed by atoms with Gasteiger partial charge < -0.3 is 14.7 Å². The molecule has 0 bridgehead atoms. The average molecular weight is 313 g/mol. The summed E-state index contributed by atoms with van der Waals surface area (Å²) in [6.45, 7) is 3.57. The van der Waals surface area contributed by atoms with E-state index in [4.69, 9.17) is 4.74 Å². The lowest BCUT2D eigenvalue weighted by molar-refractivity contribution is -0.756. The van der Waals surface area contributed by atoms with Crippen LogP contribution < -0.4 is 4.74 Å². The number of esters is 1. The molecule has 114 valence electrons. The third-order valence-electron chi connectivity index (χ3n) is 2.31. The normalized spacial score (nSPS) is 9.90. The van der Waals surface area contributed by atoms with Crippen molar-refractivity contribution in [1.82, 2.24) is 0 Å². The van der Waals surface area contributed by atoms with Crippen LogP contribution in [0.1, 0.15) is 12.0 Å². The van der Waals surface area contributed by atoms with E-state index in [0.29, 0.717) is 22.8 Å². The number of thioether (sulfide) groups is 1. The number of rotatable bonds is 9. The van der Waals surface area contributed by atoms with Gasteiger partial charge in [0.15, 0.2) is 0 Å². The maximum Gasteiger partial charge on any atom is 0.312 e. The Morgan fingerprint density at radius 3 is 2.90 bits per heavy atom. The highest BCUT2D eigenvalue weighted by atomic mass is 32.2. The van der Waals surface area contributed by atoms with Crippen LogP contribution in [-0.2, 0) is 9.63 Å². The van der Waals surface area contributed by atoms with Gasteiger partial charge >= 0.3 is 5.97 Å². The number of ether oxygens (including phenoxy) is 1. The van der Waals surface area contributed by atoms with Crippen molar-refractivity contribution in [3.63, 3.8) is 0 Å². The Labute approximate surface area is 125 Å². The average Bonchev–Trinajstić information content (AvgIpc) is 2.44. The van der Waals surface area contributed by atoms with E-state index in [1.165, 1.54) is 36.0 Å². The lowest BCUT2D eigenvalue weighted by Crippen LogP contribution is -2.10. The molecule has 0 fully saturated rings. The molecular weight excluding hydrogens is 298 g/mol. The van der Waals surface area contributed by atoms with Crippen molar-refractivity contribution in [3.8, 4) is 11.5 Å². The topological polar surface area (TPSA) is 98.9 Å². The molecule has 0 spiro atoms. The van der Waals surface area contributed by atoms with Crippen molar-refractivity contribution in [3.05, 3.63) is 40.5 Å². The minimum atomic E-state index is -0.851. The molecule has 7 nitrogen and oxygen atoms in total. The molecule has 1 rings (SSSR count).